The lowest BCUT2D eigenvalue weighted by molar-refractivity contribution is -0.0920. The van der Waals surface area contributed by atoms with Gasteiger partial charge in [0, 0.05) is 6.42 Å². The number of aliphatic hydroxyl groups is 1. The van der Waals surface area contributed by atoms with Crippen LogP contribution in [0.4, 0.5) is 19.7 Å². The fourth-order valence-corrected chi connectivity index (χ4v) is 3.48. The molecule has 1 aromatic carbocycles. The second kappa shape index (κ2) is 6.28. The number of nitrogens with one attached hydrogen (secondary N) is 1. The molecule has 2 aliphatic rings. The molecule has 2 amide bonds. The fraction of sp³-hybridized carbons (Fsp3) is 0.529. The SMILES string of the molecule is CC(C)(C)OC(=O)N1C[C@H](O)C[C@@]2(C1)OC(=O)Nc1ccc(Cl)c(F)c12. The maximum absolute atomic E-state index is 14.8. The lowest BCUT2D eigenvalue weighted by Gasteiger charge is -2.46. The van der Waals surface area contributed by atoms with Crippen molar-refractivity contribution in [3.05, 3.63) is 28.5 Å². The molecule has 0 radical (unpaired) electrons. The number of aliphatic hydroxyl groups excluding tert-OH is 1. The van der Waals surface area contributed by atoms with Gasteiger partial charge in [0.2, 0.25) is 0 Å². The second-order valence-electron chi connectivity index (χ2n) is 7.51. The van der Waals surface area contributed by atoms with Crippen LogP contribution in [0.25, 0.3) is 0 Å². The maximum atomic E-state index is 14.8. The first-order valence-electron chi connectivity index (χ1n) is 8.15. The van der Waals surface area contributed by atoms with Gasteiger partial charge in [0.1, 0.15) is 5.60 Å². The van der Waals surface area contributed by atoms with Gasteiger partial charge in [0.25, 0.3) is 0 Å². The van der Waals surface area contributed by atoms with Crippen molar-refractivity contribution in [1.29, 1.82) is 0 Å². The summed E-state index contributed by atoms with van der Waals surface area (Å²) >= 11 is 5.90. The minimum absolute atomic E-state index is 0.0110. The van der Waals surface area contributed by atoms with E-state index in [4.69, 9.17) is 21.1 Å². The summed E-state index contributed by atoms with van der Waals surface area (Å²) in [5.74, 6) is -0.762. The Morgan fingerprint density at radius 3 is 2.85 bits per heavy atom. The Morgan fingerprint density at radius 1 is 1.50 bits per heavy atom. The van der Waals surface area contributed by atoms with Crippen LogP contribution in [0.2, 0.25) is 5.02 Å². The predicted octanol–water partition coefficient (Wildman–Crippen LogP) is 3.24. The summed E-state index contributed by atoms with van der Waals surface area (Å²) in [4.78, 5) is 25.7. The third-order valence-corrected chi connectivity index (χ3v) is 4.46. The number of benzene rings is 1. The van der Waals surface area contributed by atoms with Crippen molar-refractivity contribution in [2.45, 2.75) is 44.5 Å². The number of hydrogen-bond donors (Lipinski definition) is 2. The van der Waals surface area contributed by atoms with Crippen LogP contribution in [0.5, 0.6) is 0 Å². The van der Waals surface area contributed by atoms with E-state index >= 15 is 0 Å². The highest BCUT2D eigenvalue weighted by Gasteiger charge is 2.51. The van der Waals surface area contributed by atoms with Gasteiger partial charge >= 0.3 is 12.2 Å². The molecule has 0 unspecified atom stereocenters. The third-order valence-electron chi connectivity index (χ3n) is 4.17. The number of anilines is 1. The summed E-state index contributed by atoms with van der Waals surface area (Å²) in [7, 11) is 0. The Morgan fingerprint density at radius 2 is 2.19 bits per heavy atom. The molecule has 2 atom stereocenters. The third kappa shape index (κ3) is 3.43. The Hall–Kier alpha value is -2.06. The molecule has 0 aromatic heterocycles. The number of carbonyl (C=O) groups is 2. The van der Waals surface area contributed by atoms with E-state index in [2.05, 4.69) is 5.32 Å². The fourth-order valence-electron chi connectivity index (χ4n) is 3.32. The summed E-state index contributed by atoms with van der Waals surface area (Å²) in [6.07, 6.45) is -2.58. The quantitative estimate of drug-likeness (QED) is 0.714. The number of β-amino-alcohol motifs (C(OH)–C–C–N with tert-alkyl or cyclic N) is 1. The molecular weight excluding hydrogens is 367 g/mol. The Kier molecular flexibility index (Phi) is 4.52. The summed E-state index contributed by atoms with van der Waals surface area (Å²) < 4.78 is 25.5. The normalized spacial score (nSPS) is 25.4. The van der Waals surface area contributed by atoms with Gasteiger partial charge in [-0.05, 0) is 32.9 Å². The molecule has 26 heavy (non-hydrogen) atoms. The van der Waals surface area contributed by atoms with Gasteiger partial charge in [-0.15, -0.1) is 0 Å². The zero-order chi connectivity index (χ0) is 19.3. The van der Waals surface area contributed by atoms with Gasteiger partial charge < -0.3 is 19.5 Å². The van der Waals surface area contributed by atoms with Gasteiger partial charge in [-0.1, -0.05) is 11.6 Å². The molecule has 2 N–H and O–H groups in total. The molecule has 1 aromatic rings. The number of hydrogen-bond acceptors (Lipinski definition) is 5. The van der Waals surface area contributed by atoms with Crippen LogP contribution in [0.15, 0.2) is 12.1 Å². The Balaban J connectivity index is 2.03. The van der Waals surface area contributed by atoms with Crippen LogP contribution in [0.1, 0.15) is 32.8 Å². The molecule has 0 bridgehead atoms. The standard InChI is InChI=1S/C17H20ClFN2O5/c1-16(2,3)26-15(24)21-7-9(22)6-17(8-21)12-11(20-14(23)25-17)5-4-10(18)13(12)19/h4-5,9,22H,6-8H2,1-3H3,(H,20,23)/t9-,17+/m1/s1. The topological polar surface area (TPSA) is 88.1 Å². The van der Waals surface area contributed by atoms with Crippen molar-refractivity contribution in [2.75, 3.05) is 18.4 Å². The number of halogens is 2. The zero-order valence-corrected chi connectivity index (χ0v) is 15.4. The number of nitrogens with zero attached hydrogens (tertiary/aromatic N) is 1. The summed E-state index contributed by atoms with van der Waals surface area (Å²) in [5.41, 5.74) is -2.09. The van der Waals surface area contributed by atoms with Crippen LogP contribution in [-0.4, -0.2) is 47.0 Å². The van der Waals surface area contributed by atoms with Gasteiger partial charge in [-0.2, -0.15) is 0 Å². The Bertz CT molecular complexity index is 766. The number of carbonyl (C=O) groups excluding carboxylic acids is 2. The molecule has 9 heteroatoms. The molecule has 2 heterocycles. The molecule has 3 rings (SSSR count). The van der Waals surface area contributed by atoms with Gasteiger partial charge in [-0.3, -0.25) is 5.32 Å². The first kappa shape index (κ1) is 18.7. The maximum Gasteiger partial charge on any atom is 0.412 e. The zero-order valence-electron chi connectivity index (χ0n) is 14.6. The monoisotopic (exact) mass is 386 g/mol. The predicted molar refractivity (Wildman–Crippen MR) is 91.6 cm³/mol. The van der Waals surface area contributed by atoms with Crippen molar-refractivity contribution in [3.8, 4) is 0 Å². The van der Waals surface area contributed by atoms with Crippen molar-refractivity contribution in [2.24, 2.45) is 0 Å². The smallest absolute Gasteiger partial charge is 0.412 e. The van der Waals surface area contributed by atoms with Crippen LogP contribution >= 0.6 is 11.6 Å². The minimum Gasteiger partial charge on any atom is -0.444 e. The summed E-state index contributed by atoms with van der Waals surface area (Å²) in [6.45, 7) is 4.96. The minimum atomic E-state index is -1.55. The van der Waals surface area contributed by atoms with Crippen LogP contribution in [0.3, 0.4) is 0 Å². The molecule has 1 saturated heterocycles. The highest BCUT2D eigenvalue weighted by Crippen LogP contribution is 2.45. The first-order valence-corrected chi connectivity index (χ1v) is 8.53. The first-order chi connectivity index (χ1) is 12.0. The van der Waals surface area contributed by atoms with E-state index < -0.39 is 35.3 Å². The number of likely N-dealkylation sites (tertiary alicyclic amines) is 1. The van der Waals surface area contributed by atoms with E-state index in [0.29, 0.717) is 0 Å². The van der Waals surface area contributed by atoms with E-state index in [0.717, 1.165) is 0 Å². The van der Waals surface area contributed by atoms with E-state index in [1.165, 1.54) is 17.0 Å². The molecule has 2 aliphatic heterocycles. The van der Waals surface area contributed by atoms with Gasteiger partial charge in [-0.25, -0.2) is 14.0 Å². The van der Waals surface area contributed by atoms with E-state index in [1.54, 1.807) is 20.8 Å². The lowest BCUT2D eigenvalue weighted by Crippen LogP contribution is -2.58. The van der Waals surface area contributed by atoms with Crippen LogP contribution in [-0.2, 0) is 15.1 Å². The van der Waals surface area contributed by atoms with Crippen LogP contribution in [0, 0.1) is 5.82 Å². The highest BCUT2D eigenvalue weighted by molar-refractivity contribution is 6.31. The van der Waals surface area contributed by atoms with Gasteiger partial charge in [0.15, 0.2) is 11.4 Å². The van der Waals surface area contributed by atoms with Crippen molar-refractivity contribution in [1.82, 2.24) is 4.90 Å². The van der Waals surface area contributed by atoms with Crippen molar-refractivity contribution >= 4 is 29.5 Å². The van der Waals surface area contributed by atoms with Gasteiger partial charge in [0.05, 0.1) is 35.5 Å². The average molecular weight is 387 g/mol. The number of amides is 2. The molecule has 142 valence electrons. The molecule has 1 fully saturated rings. The van der Waals surface area contributed by atoms with Crippen LogP contribution < -0.4 is 5.32 Å². The van der Waals surface area contributed by atoms with Crippen molar-refractivity contribution in [3.63, 3.8) is 0 Å². The number of rotatable bonds is 0. The average Bonchev–Trinajstić information content (AvgIpc) is 2.48. The lowest BCUT2D eigenvalue weighted by atomic mass is 9.82. The highest BCUT2D eigenvalue weighted by atomic mass is 35.5. The molecule has 0 aliphatic carbocycles. The summed E-state index contributed by atoms with van der Waals surface area (Å²) in [6, 6.07) is 2.78. The number of piperidine rings is 1. The number of ether oxygens (including phenoxy) is 2. The Labute approximate surface area is 155 Å². The van der Waals surface area contributed by atoms with E-state index in [1.807, 2.05) is 0 Å². The van der Waals surface area contributed by atoms with E-state index in [-0.39, 0.29) is 35.8 Å². The second-order valence-corrected chi connectivity index (χ2v) is 7.92. The molecule has 0 saturated carbocycles. The van der Waals surface area contributed by atoms with E-state index in [9.17, 15) is 19.1 Å². The molecule has 1 spiro atoms. The molecule has 7 nitrogen and oxygen atoms in total. The van der Waals surface area contributed by atoms with Crippen molar-refractivity contribution < 1.29 is 28.6 Å². The number of fused-ring (bicyclic) bond motifs is 2. The summed E-state index contributed by atoms with van der Waals surface area (Å²) in [5, 5.41) is 12.6. The largest absolute Gasteiger partial charge is 0.444 e. The molecular formula is C17H20ClFN2O5.